The third-order valence-corrected chi connectivity index (χ3v) is 13.5. The van der Waals surface area contributed by atoms with Gasteiger partial charge >= 0.3 is 6.09 Å². The first-order valence-electron chi connectivity index (χ1n) is 21.4. The molecule has 1 amide bonds. The Morgan fingerprint density at radius 2 is 1.08 bits per heavy atom. The van der Waals surface area contributed by atoms with Crippen molar-refractivity contribution in [3.8, 4) is 0 Å². The van der Waals surface area contributed by atoms with E-state index in [9.17, 15) is 4.79 Å². The van der Waals surface area contributed by atoms with Crippen LogP contribution in [0.1, 0.15) is 120 Å². The molecule has 0 aliphatic carbocycles. The van der Waals surface area contributed by atoms with Gasteiger partial charge < -0.3 is 24.8 Å². The van der Waals surface area contributed by atoms with Gasteiger partial charge in [-0.05, 0) is 172 Å². The number of aryl methyl sites for hydroxylation is 2. The molecule has 6 aliphatic rings. The highest BCUT2D eigenvalue weighted by atomic mass is 16.6. The van der Waals surface area contributed by atoms with Gasteiger partial charge in [0.1, 0.15) is 5.60 Å². The summed E-state index contributed by atoms with van der Waals surface area (Å²) in [5, 5.41) is 3.55. The highest BCUT2D eigenvalue weighted by Crippen LogP contribution is 2.42. The molecular weight excluding hydrogens is 657 g/mol. The summed E-state index contributed by atoms with van der Waals surface area (Å²) in [7, 11) is 0. The lowest BCUT2D eigenvalue weighted by Gasteiger charge is -2.45. The molecule has 8 heteroatoms. The van der Waals surface area contributed by atoms with Gasteiger partial charge in [-0.15, -0.1) is 0 Å². The Hall–Kier alpha value is -2.81. The second-order valence-corrected chi connectivity index (χ2v) is 18.4. The fourth-order valence-electron chi connectivity index (χ4n) is 10.5. The molecule has 8 rings (SSSR count). The van der Waals surface area contributed by atoms with Crippen LogP contribution in [0.4, 0.5) is 16.2 Å². The van der Waals surface area contributed by atoms with Crippen LogP contribution in [-0.2, 0) is 17.8 Å². The Kier molecular flexibility index (Phi) is 12.0. The lowest BCUT2D eigenvalue weighted by atomic mass is 9.84. The summed E-state index contributed by atoms with van der Waals surface area (Å²) >= 11 is 0. The van der Waals surface area contributed by atoms with Gasteiger partial charge in [0.2, 0.25) is 0 Å². The molecule has 0 atom stereocenters. The first kappa shape index (κ1) is 38.5. The van der Waals surface area contributed by atoms with Gasteiger partial charge in [-0.2, -0.15) is 0 Å². The van der Waals surface area contributed by atoms with Crippen molar-refractivity contribution in [1.82, 2.24) is 20.0 Å². The predicted molar refractivity (Wildman–Crippen MR) is 219 cm³/mol. The summed E-state index contributed by atoms with van der Waals surface area (Å²) in [4.78, 5) is 25.2. The number of benzene rings is 2. The molecule has 6 fully saturated rings. The maximum atomic E-state index is 12.5. The second-order valence-electron chi connectivity index (χ2n) is 18.4. The molecular formula is C45H70N6O2. The molecule has 2 spiro atoms. The van der Waals surface area contributed by atoms with E-state index in [0.29, 0.717) is 5.54 Å². The normalized spacial score (nSPS) is 23.2. The fourth-order valence-corrected chi connectivity index (χ4v) is 10.5. The molecule has 2 aromatic rings. The maximum Gasteiger partial charge on any atom is 0.410 e. The van der Waals surface area contributed by atoms with E-state index in [0.717, 1.165) is 39.0 Å². The highest BCUT2D eigenvalue weighted by molar-refractivity contribution is 5.68. The number of hydrogen-bond donors (Lipinski definition) is 1. The van der Waals surface area contributed by atoms with Gasteiger partial charge in [-0.3, -0.25) is 9.80 Å². The summed E-state index contributed by atoms with van der Waals surface area (Å²) in [6, 6.07) is 14.1. The van der Waals surface area contributed by atoms with Crippen LogP contribution in [0, 0.1) is 13.8 Å². The van der Waals surface area contributed by atoms with Crippen molar-refractivity contribution in [2.75, 3.05) is 75.2 Å². The van der Waals surface area contributed by atoms with E-state index in [2.05, 4.69) is 75.2 Å². The number of ether oxygens (including phenoxy) is 1. The zero-order valence-corrected chi connectivity index (χ0v) is 34.0. The standard InChI is InChI=1S/C25H39N3O2.C20H31N3/c1-20-8-9-21(22(18-20)26-13-5-6-14-26)19-28-15-7-10-25(28)11-16-27(17-12-25)23(29)30-24(2,3)4;1-17-5-6-18(19(15-17)22-12-2-3-13-22)16-23-14-4-7-20(23)8-10-21-11-9-20/h8-9,18H,5-7,10-17,19H2,1-4H3;5-6,15,21H,2-4,7-14,16H2,1H3. The SMILES string of the molecule is Cc1ccc(CN2CCCC23CCN(C(=O)OC(C)(C)C)CC3)c(N2CCCC2)c1.Cc1ccc(CN2CCCC23CCNCC3)c(N2CCCC2)c1. The van der Waals surface area contributed by atoms with Crippen molar-refractivity contribution in [3.05, 3.63) is 58.7 Å². The summed E-state index contributed by atoms with van der Waals surface area (Å²) in [5.74, 6) is 0. The largest absolute Gasteiger partial charge is 0.444 e. The molecule has 0 unspecified atom stereocenters. The number of rotatable bonds is 6. The minimum Gasteiger partial charge on any atom is -0.444 e. The van der Waals surface area contributed by atoms with Crippen LogP contribution in [-0.4, -0.2) is 103 Å². The summed E-state index contributed by atoms with van der Waals surface area (Å²) in [6.07, 6.45) is 15.2. The van der Waals surface area contributed by atoms with Crippen LogP contribution in [0.25, 0.3) is 0 Å². The van der Waals surface area contributed by atoms with Gasteiger partial charge in [0, 0.05) is 74.8 Å². The number of carbonyl (C=O) groups is 1. The second kappa shape index (κ2) is 16.5. The molecule has 6 heterocycles. The molecule has 0 aromatic heterocycles. The molecule has 8 nitrogen and oxygen atoms in total. The van der Waals surface area contributed by atoms with Crippen molar-refractivity contribution < 1.29 is 9.53 Å². The molecule has 0 bridgehead atoms. The Morgan fingerprint density at radius 1 is 0.623 bits per heavy atom. The van der Waals surface area contributed by atoms with Crippen molar-refractivity contribution in [2.24, 2.45) is 0 Å². The van der Waals surface area contributed by atoms with Crippen molar-refractivity contribution in [1.29, 1.82) is 0 Å². The zero-order chi connectivity index (χ0) is 37.1. The van der Waals surface area contributed by atoms with Gasteiger partial charge in [0.25, 0.3) is 0 Å². The van der Waals surface area contributed by atoms with Crippen molar-refractivity contribution >= 4 is 17.5 Å². The van der Waals surface area contributed by atoms with Crippen LogP contribution in [0.5, 0.6) is 0 Å². The van der Waals surface area contributed by atoms with Gasteiger partial charge in [0.05, 0.1) is 0 Å². The first-order valence-corrected chi connectivity index (χ1v) is 21.4. The third-order valence-electron chi connectivity index (χ3n) is 13.5. The van der Waals surface area contributed by atoms with E-state index in [1.165, 1.54) is 145 Å². The minimum atomic E-state index is -0.428. The molecule has 292 valence electrons. The summed E-state index contributed by atoms with van der Waals surface area (Å²) in [6.45, 7) is 23.7. The van der Waals surface area contributed by atoms with E-state index >= 15 is 0 Å². The van der Waals surface area contributed by atoms with E-state index in [1.54, 1.807) is 5.56 Å². The van der Waals surface area contributed by atoms with E-state index in [1.807, 2.05) is 25.7 Å². The molecule has 1 N–H and O–H groups in total. The third kappa shape index (κ3) is 9.02. The van der Waals surface area contributed by atoms with Crippen LogP contribution < -0.4 is 15.1 Å². The molecule has 53 heavy (non-hydrogen) atoms. The Morgan fingerprint density at radius 3 is 1.53 bits per heavy atom. The predicted octanol–water partition coefficient (Wildman–Crippen LogP) is 8.27. The van der Waals surface area contributed by atoms with Crippen molar-refractivity contribution in [2.45, 2.75) is 141 Å². The number of carbonyl (C=O) groups excluding carboxylic acids is 1. The van der Waals surface area contributed by atoms with E-state index in [-0.39, 0.29) is 11.6 Å². The lowest BCUT2D eigenvalue weighted by Crippen LogP contribution is -2.53. The van der Waals surface area contributed by atoms with Gasteiger partial charge in [0.15, 0.2) is 0 Å². The fraction of sp³-hybridized carbons (Fsp3) is 0.711. The van der Waals surface area contributed by atoms with Crippen LogP contribution in [0.2, 0.25) is 0 Å². The molecule has 0 saturated carbocycles. The number of piperidine rings is 2. The Balaban J connectivity index is 0.000000170. The quantitative estimate of drug-likeness (QED) is 0.322. The molecule has 2 aromatic carbocycles. The number of likely N-dealkylation sites (tertiary alicyclic amines) is 3. The Bertz CT molecular complexity index is 1530. The minimum absolute atomic E-state index is 0.156. The van der Waals surface area contributed by atoms with E-state index < -0.39 is 5.60 Å². The summed E-state index contributed by atoms with van der Waals surface area (Å²) < 4.78 is 5.60. The average Bonchev–Trinajstić information content (AvgIpc) is 3.97. The average molecular weight is 727 g/mol. The molecule has 0 radical (unpaired) electrons. The lowest BCUT2D eigenvalue weighted by molar-refractivity contribution is 0.00167. The smallest absolute Gasteiger partial charge is 0.410 e. The summed E-state index contributed by atoms with van der Waals surface area (Å²) in [5.41, 5.74) is 9.03. The Labute approximate surface area is 321 Å². The number of hydrogen-bond acceptors (Lipinski definition) is 7. The number of nitrogens with one attached hydrogen (secondary N) is 1. The number of amides is 1. The number of nitrogens with zero attached hydrogens (tertiary/aromatic N) is 5. The monoisotopic (exact) mass is 727 g/mol. The number of anilines is 2. The topological polar surface area (TPSA) is 54.5 Å². The van der Waals surface area contributed by atoms with Gasteiger partial charge in [-0.25, -0.2) is 4.79 Å². The van der Waals surface area contributed by atoms with Crippen LogP contribution in [0.3, 0.4) is 0 Å². The van der Waals surface area contributed by atoms with Gasteiger partial charge in [-0.1, -0.05) is 24.3 Å². The van der Waals surface area contributed by atoms with Crippen LogP contribution in [0.15, 0.2) is 36.4 Å². The van der Waals surface area contributed by atoms with Crippen molar-refractivity contribution in [3.63, 3.8) is 0 Å². The van der Waals surface area contributed by atoms with E-state index in [4.69, 9.17) is 4.74 Å². The zero-order valence-electron chi connectivity index (χ0n) is 34.0. The molecule has 6 aliphatic heterocycles. The first-order chi connectivity index (χ1) is 25.5. The highest BCUT2D eigenvalue weighted by Gasteiger charge is 2.45. The molecule has 6 saturated heterocycles. The van der Waals surface area contributed by atoms with Crippen LogP contribution >= 0.6 is 0 Å². The maximum absolute atomic E-state index is 12.5.